The first-order chi connectivity index (χ1) is 12.6. The van der Waals surface area contributed by atoms with Gasteiger partial charge in [0.05, 0.1) is 10.0 Å². The summed E-state index contributed by atoms with van der Waals surface area (Å²) in [4.78, 5) is 12.4. The molecule has 0 aliphatic heterocycles. The van der Waals surface area contributed by atoms with Crippen LogP contribution in [0.15, 0.2) is 66.9 Å². The molecule has 1 N–H and O–H groups in total. The molecule has 7 heteroatoms. The SMILES string of the molecule is O=C(Nc1cccc(-c2nnc3ccccn23)c1)c1ccc(Cl)c(Cl)c1. The van der Waals surface area contributed by atoms with Crippen molar-refractivity contribution in [2.45, 2.75) is 0 Å². The Bertz CT molecular complexity index is 1120. The molecule has 0 saturated heterocycles. The largest absolute Gasteiger partial charge is 0.322 e. The van der Waals surface area contributed by atoms with E-state index in [0.29, 0.717) is 27.1 Å². The van der Waals surface area contributed by atoms with Crippen LogP contribution in [0.1, 0.15) is 10.4 Å². The number of anilines is 1. The van der Waals surface area contributed by atoms with Gasteiger partial charge in [-0.2, -0.15) is 0 Å². The number of nitrogens with one attached hydrogen (secondary N) is 1. The van der Waals surface area contributed by atoms with Crippen molar-refractivity contribution < 1.29 is 4.79 Å². The van der Waals surface area contributed by atoms with Gasteiger partial charge in [-0.25, -0.2) is 0 Å². The molecule has 4 rings (SSSR count). The number of hydrogen-bond donors (Lipinski definition) is 1. The third kappa shape index (κ3) is 3.14. The van der Waals surface area contributed by atoms with Gasteiger partial charge in [0.25, 0.3) is 5.91 Å². The van der Waals surface area contributed by atoms with Gasteiger partial charge in [0.2, 0.25) is 0 Å². The van der Waals surface area contributed by atoms with Crippen LogP contribution in [0.2, 0.25) is 10.0 Å². The summed E-state index contributed by atoms with van der Waals surface area (Å²) in [5.74, 6) is 0.429. The summed E-state index contributed by atoms with van der Waals surface area (Å²) in [6, 6.07) is 17.9. The first kappa shape index (κ1) is 16.6. The Morgan fingerprint density at radius 1 is 0.923 bits per heavy atom. The molecule has 4 aromatic rings. The van der Waals surface area contributed by atoms with E-state index in [1.807, 2.05) is 53.1 Å². The van der Waals surface area contributed by atoms with Crippen LogP contribution in [0.5, 0.6) is 0 Å². The van der Waals surface area contributed by atoms with Gasteiger partial charge < -0.3 is 5.32 Å². The zero-order valence-corrected chi connectivity index (χ0v) is 14.9. The van der Waals surface area contributed by atoms with Crippen LogP contribution in [0.3, 0.4) is 0 Å². The van der Waals surface area contributed by atoms with Gasteiger partial charge in [-0.15, -0.1) is 10.2 Å². The number of benzene rings is 2. The average molecular weight is 383 g/mol. The van der Waals surface area contributed by atoms with E-state index in [2.05, 4.69) is 15.5 Å². The Morgan fingerprint density at radius 2 is 1.81 bits per heavy atom. The number of halogens is 2. The molecule has 0 radical (unpaired) electrons. The van der Waals surface area contributed by atoms with Crippen molar-refractivity contribution in [2.75, 3.05) is 5.32 Å². The van der Waals surface area contributed by atoms with E-state index >= 15 is 0 Å². The van der Waals surface area contributed by atoms with E-state index in [1.54, 1.807) is 12.1 Å². The van der Waals surface area contributed by atoms with Crippen LogP contribution in [0.4, 0.5) is 5.69 Å². The fourth-order valence-corrected chi connectivity index (χ4v) is 2.91. The summed E-state index contributed by atoms with van der Waals surface area (Å²) in [6.07, 6.45) is 1.89. The molecule has 0 spiro atoms. The monoisotopic (exact) mass is 382 g/mol. The van der Waals surface area contributed by atoms with Crippen LogP contribution in [0, 0.1) is 0 Å². The van der Waals surface area contributed by atoms with Crippen molar-refractivity contribution in [3.05, 3.63) is 82.5 Å². The van der Waals surface area contributed by atoms with Crippen LogP contribution in [0.25, 0.3) is 17.0 Å². The Morgan fingerprint density at radius 3 is 2.65 bits per heavy atom. The van der Waals surface area contributed by atoms with Crippen molar-refractivity contribution in [1.82, 2.24) is 14.6 Å². The number of carbonyl (C=O) groups is 1. The standard InChI is InChI=1S/C19H12Cl2N4O/c20-15-8-7-13(11-16(15)21)19(26)22-14-5-3-4-12(10-14)18-24-23-17-6-1-2-9-25(17)18/h1-11H,(H,22,26). The third-order valence-electron chi connectivity index (χ3n) is 3.87. The van der Waals surface area contributed by atoms with Crippen molar-refractivity contribution >= 4 is 40.4 Å². The highest BCUT2D eigenvalue weighted by Crippen LogP contribution is 2.24. The number of hydrogen-bond acceptors (Lipinski definition) is 3. The quantitative estimate of drug-likeness (QED) is 0.544. The van der Waals surface area contributed by atoms with Gasteiger partial charge in [-0.3, -0.25) is 9.20 Å². The first-order valence-electron chi connectivity index (χ1n) is 7.78. The highest BCUT2D eigenvalue weighted by atomic mass is 35.5. The van der Waals surface area contributed by atoms with Gasteiger partial charge in [0, 0.05) is 23.0 Å². The van der Waals surface area contributed by atoms with E-state index in [4.69, 9.17) is 23.2 Å². The van der Waals surface area contributed by atoms with Crippen LogP contribution >= 0.6 is 23.2 Å². The number of pyridine rings is 1. The smallest absolute Gasteiger partial charge is 0.255 e. The topological polar surface area (TPSA) is 59.3 Å². The lowest BCUT2D eigenvalue weighted by Gasteiger charge is -2.08. The van der Waals surface area contributed by atoms with Crippen LogP contribution in [-0.2, 0) is 0 Å². The van der Waals surface area contributed by atoms with E-state index in [0.717, 1.165) is 11.2 Å². The van der Waals surface area contributed by atoms with Crippen LogP contribution < -0.4 is 5.32 Å². The van der Waals surface area contributed by atoms with Gasteiger partial charge in [-0.05, 0) is 42.5 Å². The minimum absolute atomic E-state index is 0.271. The molecular weight excluding hydrogens is 371 g/mol. The Hall–Kier alpha value is -2.89. The molecule has 1 amide bonds. The third-order valence-corrected chi connectivity index (χ3v) is 4.61. The second kappa shape index (κ2) is 6.78. The number of aromatic nitrogens is 3. The molecule has 0 atom stereocenters. The summed E-state index contributed by atoms with van der Waals surface area (Å²) in [5.41, 5.74) is 2.67. The second-order valence-corrected chi connectivity index (χ2v) is 6.43. The number of fused-ring (bicyclic) bond motifs is 1. The fraction of sp³-hybridized carbons (Fsp3) is 0. The van der Waals surface area contributed by atoms with Crippen molar-refractivity contribution in [3.63, 3.8) is 0 Å². The number of rotatable bonds is 3. The maximum Gasteiger partial charge on any atom is 0.255 e. The van der Waals surface area contributed by atoms with Gasteiger partial charge >= 0.3 is 0 Å². The molecule has 0 fully saturated rings. The zero-order chi connectivity index (χ0) is 18.1. The number of nitrogens with zero attached hydrogens (tertiary/aromatic N) is 3. The van der Waals surface area contributed by atoms with E-state index in [-0.39, 0.29) is 5.91 Å². The van der Waals surface area contributed by atoms with Crippen LogP contribution in [-0.4, -0.2) is 20.5 Å². The molecule has 0 aliphatic carbocycles. The lowest BCUT2D eigenvalue weighted by atomic mass is 10.1. The molecule has 0 saturated carbocycles. The molecular formula is C19H12Cl2N4O. The van der Waals surface area contributed by atoms with E-state index in [1.165, 1.54) is 6.07 Å². The van der Waals surface area contributed by atoms with E-state index < -0.39 is 0 Å². The highest BCUT2D eigenvalue weighted by molar-refractivity contribution is 6.42. The molecule has 0 unspecified atom stereocenters. The maximum atomic E-state index is 12.4. The predicted molar refractivity (Wildman–Crippen MR) is 103 cm³/mol. The van der Waals surface area contributed by atoms with Crippen molar-refractivity contribution in [3.8, 4) is 11.4 Å². The zero-order valence-electron chi connectivity index (χ0n) is 13.4. The number of amides is 1. The lowest BCUT2D eigenvalue weighted by Crippen LogP contribution is -2.11. The summed E-state index contributed by atoms with van der Waals surface area (Å²) in [5, 5.41) is 12.0. The Kier molecular flexibility index (Phi) is 4.32. The Labute approximate surface area is 159 Å². The lowest BCUT2D eigenvalue weighted by molar-refractivity contribution is 0.102. The summed E-state index contributed by atoms with van der Waals surface area (Å²) in [7, 11) is 0. The highest BCUT2D eigenvalue weighted by Gasteiger charge is 2.11. The summed E-state index contributed by atoms with van der Waals surface area (Å²) >= 11 is 11.9. The maximum absolute atomic E-state index is 12.4. The fourth-order valence-electron chi connectivity index (χ4n) is 2.61. The predicted octanol–water partition coefficient (Wildman–Crippen LogP) is 4.96. The normalized spacial score (nSPS) is 10.8. The molecule has 5 nitrogen and oxygen atoms in total. The van der Waals surface area contributed by atoms with Gasteiger partial charge in [-0.1, -0.05) is 41.4 Å². The summed E-state index contributed by atoms with van der Waals surface area (Å²) < 4.78 is 1.89. The molecule has 0 bridgehead atoms. The van der Waals surface area contributed by atoms with Gasteiger partial charge in [0.1, 0.15) is 0 Å². The summed E-state index contributed by atoms with van der Waals surface area (Å²) in [6.45, 7) is 0. The molecule has 2 aromatic carbocycles. The second-order valence-electron chi connectivity index (χ2n) is 5.62. The molecule has 2 heterocycles. The number of carbonyl (C=O) groups excluding carboxylic acids is 1. The minimum Gasteiger partial charge on any atom is -0.322 e. The molecule has 0 aliphatic rings. The van der Waals surface area contributed by atoms with E-state index in [9.17, 15) is 4.79 Å². The van der Waals surface area contributed by atoms with Crippen molar-refractivity contribution in [1.29, 1.82) is 0 Å². The first-order valence-corrected chi connectivity index (χ1v) is 8.54. The molecule has 2 aromatic heterocycles. The minimum atomic E-state index is -0.271. The molecule has 26 heavy (non-hydrogen) atoms. The Balaban J connectivity index is 1.63. The van der Waals surface area contributed by atoms with Crippen molar-refractivity contribution in [2.24, 2.45) is 0 Å². The van der Waals surface area contributed by atoms with Gasteiger partial charge in [0.15, 0.2) is 11.5 Å². The average Bonchev–Trinajstić information content (AvgIpc) is 3.08. The molecule has 128 valence electrons.